The number of nitrogens with one attached hydrogen (secondary N) is 2. The lowest BCUT2D eigenvalue weighted by Crippen LogP contribution is -2.35. The second-order valence-electron chi connectivity index (χ2n) is 14.8. The lowest BCUT2D eigenvalue weighted by atomic mass is 9.99. The second kappa shape index (κ2) is 17.0. The van der Waals surface area contributed by atoms with Crippen LogP contribution in [-0.4, -0.2) is 52.4 Å². The average Bonchev–Trinajstić information content (AvgIpc) is 4.10. The van der Waals surface area contributed by atoms with Crippen molar-refractivity contribution in [3.05, 3.63) is 130 Å². The smallest absolute Gasteiger partial charge is 0.333 e. The summed E-state index contributed by atoms with van der Waals surface area (Å²) in [5, 5.41) is 24.0. The number of nitrogens with two attached hydrogens (primary N) is 1. The first kappa shape index (κ1) is 40.4. The number of amides is 2. The molecule has 0 bridgehead atoms. The number of nitrogens with zero attached hydrogens (tertiary/aromatic N) is 7. The van der Waals surface area contributed by atoms with Crippen molar-refractivity contribution < 1.29 is 26.4 Å². The van der Waals surface area contributed by atoms with Crippen LogP contribution in [0.25, 0.3) is 11.4 Å². The van der Waals surface area contributed by atoms with Crippen LogP contribution in [0.4, 0.5) is 10.5 Å². The molecule has 60 heavy (non-hydrogen) atoms. The van der Waals surface area contributed by atoms with E-state index in [-0.39, 0.29) is 10.1 Å². The van der Waals surface area contributed by atoms with Gasteiger partial charge in [-0.3, -0.25) is 9.97 Å². The third-order valence-electron chi connectivity index (χ3n) is 11.0. The first-order valence-corrected chi connectivity index (χ1v) is 22.7. The van der Waals surface area contributed by atoms with E-state index in [4.69, 9.17) is 15.1 Å². The molecule has 18 heteroatoms. The molecule has 4 aliphatic carbocycles. The third-order valence-corrected chi connectivity index (χ3v) is 13.0. The molecule has 2 amide bonds. The third kappa shape index (κ3) is 8.64. The van der Waals surface area contributed by atoms with Crippen molar-refractivity contribution in [1.29, 1.82) is 5.26 Å². The minimum atomic E-state index is -4.11. The van der Waals surface area contributed by atoms with Gasteiger partial charge in [-0.1, -0.05) is 12.1 Å². The van der Waals surface area contributed by atoms with Crippen LogP contribution in [0.2, 0.25) is 0 Å². The van der Waals surface area contributed by atoms with Crippen molar-refractivity contribution in [2.45, 2.75) is 87.1 Å². The maximum absolute atomic E-state index is 12.7. The first-order valence-electron chi connectivity index (χ1n) is 19.7. The Balaban J connectivity index is 0.000000139. The number of rotatable bonds is 7. The van der Waals surface area contributed by atoms with E-state index < -0.39 is 26.1 Å². The highest BCUT2D eigenvalue weighted by Gasteiger charge is 2.28. The molecule has 0 spiro atoms. The predicted octanol–water partition coefficient (Wildman–Crippen LogP) is 5.19. The normalized spacial score (nSPS) is 14.6. The van der Waals surface area contributed by atoms with Gasteiger partial charge in [-0.2, -0.15) is 18.6 Å². The Hall–Kier alpha value is -6.42. The molecule has 308 valence electrons. The number of urea groups is 1. The average molecular weight is 847 g/mol. The number of carbonyl (C=O) groups is 1. The van der Waals surface area contributed by atoms with Gasteiger partial charge in [-0.15, -0.1) is 5.26 Å². The summed E-state index contributed by atoms with van der Waals surface area (Å²) in [7, 11) is -7.85. The largest absolute Gasteiger partial charge is 0.387 e. The molecule has 4 aliphatic rings. The summed E-state index contributed by atoms with van der Waals surface area (Å²) >= 11 is 0. The Morgan fingerprint density at radius 1 is 0.683 bits per heavy atom. The number of ether oxygens (including phenoxy) is 1. The highest BCUT2D eigenvalue weighted by atomic mass is 32.2. The summed E-state index contributed by atoms with van der Waals surface area (Å²) in [6, 6.07) is 13.5. The van der Waals surface area contributed by atoms with Gasteiger partial charge in [0.1, 0.15) is 5.75 Å². The molecule has 4 N–H and O–H groups in total. The molecule has 10 rings (SSSR count). The molecular weight excluding hydrogens is 805 g/mol. The van der Waals surface area contributed by atoms with Crippen LogP contribution in [-0.2, 0) is 71.4 Å². The van der Waals surface area contributed by atoms with E-state index in [1.165, 1.54) is 80.1 Å². The fourth-order valence-corrected chi connectivity index (χ4v) is 9.68. The Bertz CT molecular complexity index is 2770. The summed E-state index contributed by atoms with van der Waals surface area (Å²) < 4.78 is 57.4. The van der Waals surface area contributed by atoms with Gasteiger partial charge >= 0.3 is 6.03 Å². The van der Waals surface area contributed by atoms with E-state index in [1.54, 1.807) is 49.1 Å². The van der Waals surface area contributed by atoms with Gasteiger partial charge in [-0.05, 0) is 158 Å². The molecule has 0 fully saturated rings. The number of hydrogen-bond acceptors (Lipinski definition) is 11. The lowest BCUT2D eigenvalue weighted by molar-refractivity contribution is 0.256. The van der Waals surface area contributed by atoms with Crippen molar-refractivity contribution in [3.8, 4) is 23.4 Å². The van der Waals surface area contributed by atoms with Gasteiger partial charge in [0.2, 0.25) is 0 Å². The van der Waals surface area contributed by atoms with E-state index in [1.807, 2.05) is 6.26 Å². The number of benzene rings is 2. The fourth-order valence-electron chi connectivity index (χ4n) is 8.39. The van der Waals surface area contributed by atoms with Crippen LogP contribution >= 0.6 is 0 Å². The monoisotopic (exact) mass is 846 g/mol. The minimum absolute atomic E-state index is 0.161. The zero-order valence-electron chi connectivity index (χ0n) is 32.5. The molecule has 0 atom stereocenters. The van der Waals surface area contributed by atoms with E-state index in [9.17, 15) is 21.6 Å². The van der Waals surface area contributed by atoms with E-state index >= 15 is 0 Å². The number of carbonyl (C=O) groups excluding carboxylic acids is 1. The standard InChI is InChI=1S/C21H21N5O3S.C13H13NO.C8H8N4O2S/c27-21(23-20-17-7-1-4-14(17)12-15-5-2-8-18(15)20)25-30(28,29)19-9-11-26(24-19)16-6-3-10-22-13-16;14-8-15-13-11-5-1-3-9(11)7-10-4-2-6-12(10)13;9-15(13,14)8-3-5-12(11-8)7-2-1-4-10-6-7/h3,6,9-13H,1-2,4-5,7-8H2,(H2,23,25,27);7H,1-6H2;1-6H,(H2,9,13,14). The van der Waals surface area contributed by atoms with Crippen LogP contribution in [0.3, 0.4) is 0 Å². The fraction of sp³-hybridized carbons (Fsp3) is 0.286. The SMILES string of the molecule is N#COc1c2c(cc3c1CCC3)CCC2.NS(=O)(=O)c1ccn(-c2cccnc2)n1.O=C(Nc1c2c(cc3c1CCC3)CCC2)NS(=O)(=O)c1ccn(-c2cccnc2)n1. The number of fused-ring (bicyclic) bond motifs is 4. The number of anilines is 1. The van der Waals surface area contributed by atoms with Crippen LogP contribution in [0.1, 0.15) is 70.2 Å². The Morgan fingerprint density at radius 3 is 1.60 bits per heavy atom. The summed E-state index contributed by atoms with van der Waals surface area (Å²) in [6.45, 7) is 0. The topological polar surface area (TPSA) is 230 Å². The van der Waals surface area contributed by atoms with E-state index in [0.29, 0.717) is 11.4 Å². The van der Waals surface area contributed by atoms with Crippen molar-refractivity contribution in [2.75, 3.05) is 5.32 Å². The number of pyridine rings is 2. The molecule has 16 nitrogen and oxygen atoms in total. The molecule has 0 saturated heterocycles. The molecule has 4 aromatic heterocycles. The zero-order chi connectivity index (χ0) is 41.9. The summed E-state index contributed by atoms with van der Waals surface area (Å²) in [5.74, 6) is 0.903. The summed E-state index contributed by atoms with van der Waals surface area (Å²) in [4.78, 5) is 20.5. The number of hydrogen-bond donors (Lipinski definition) is 3. The maximum Gasteiger partial charge on any atom is 0.333 e. The number of sulfonamides is 2. The molecular formula is C42H42N10O6S2. The van der Waals surface area contributed by atoms with Crippen molar-refractivity contribution in [1.82, 2.24) is 34.3 Å². The molecule has 6 aromatic rings. The van der Waals surface area contributed by atoms with E-state index in [0.717, 1.165) is 86.8 Å². The number of nitriles is 1. The van der Waals surface area contributed by atoms with Crippen LogP contribution in [0.15, 0.2) is 95.8 Å². The van der Waals surface area contributed by atoms with Crippen molar-refractivity contribution in [2.24, 2.45) is 5.14 Å². The van der Waals surface area contributed by atoms with Crippen molar-refractivity contribution >= 4 is 31.8 Å². The maximum atomic E-state index is 12.7. The predicted molar refractivity (Wildman–Crippen MR) is 221 cm³/mol. The van der Waals surface area contributed by atoms with Gasteiger partial charge in [0, 0.05) is 30.5 Å². The van der Waals surface area contributed by atoms with Crippen LogP contribution < -0.4 is 19.9 Å². The number of primary sulfonamides is 1. The number of aromatic nitrogens is 6. The molecule has 2 aromatic carbocycles. The second-order valence-corrected chi connectivity index (χ2v) is 18.0. The molecule has 4 heterocycles. The lowest BCUT2D eigenvalue weighted by Gasteiger charge is -2.16. The van der Waals surface area contributed by atoms with Gasteiger partial charge in [0.15, 0.2) is 10.1 Å². The Morgan fingerprint density at radius 2 is 1.15 bits per heavy atom. The Labute approximate surface area is 347 Å². The first-order chi connectivity index (χ1) is 29.0. The molecule has 0 unspecified atom stereocenters. The highest BCUT2D eigenvalue weighted by Crippen LogP contribution is 2.40. The van der Waals surface area contributed by atoms with Crippen molar-refractivity contribution in [3.63, 3.8) is 0 Å². The summed E-state index contributed by atoms with van der Waals surface area (Å²) in [5.41, 5.74) is 12.4. The quantitative estimate of drug-likeness (QED) is 0.177. The Kier molecular flexibility index (Phi) is 11.5. The molecule has 0 aliphatic heterocycles. The van der Waals surface area contributed by atoms with Gasteiger partial charge in [0.25, 0.3) is 26.3 Å². The minimum Gasteiger partial charge on any atom is -0.387 e. The van der Waals surface area contributed by atoms with E-state index in [2.05, 4.69) is 42.3 Å². The van der Waals surface area contributed by atoms with Crippen LogP contribution in [0.5, 0.6) is 5.75 Å². The van der Waals surface area contributed by atoms with Gasteiger partial charge in [0.05, 0.1) is 23.8 Å². The van der Waals surface area contributed by atoms with Gasteiger partial charge < -0.3 is 10.1 Å². The summed E-state index contributed by atoms with van der Waals surface area (Å²) in [6.07, 6.45) is 24.1. The molecule has 0 radical (unpaired) electrons. The molecule has 0 saturated carbocycles. The number of aryl methyl sites for hydroxylation is 4. The van der Waals surface area contributed by atoms with Crippen LogP contribution in [0, 0.1) is 11.5 Å². The zero-order valence-corrected chi connectivity index (χ0v) is 34.2. The highest BCUT2D eigenvalue weighted by molar-refractivity contribution is 7.90. The van der Waals surface area contributed by atoms with Gasteiger partial charge in [-0.25, -0.2) is 32.4 Å².